The van der Waals surface area contributed by atoms with Crippen LogP contribution in [-0.2, 0) is 4.74 Å². The predicted molar refractivity (Wildman–Crippen MR) is 67.0 cm³/mol. The Balaban J connectivity index is 2.64. The van der Waals surface area contributed by atoms with Gasteiger partial charge in [-0.15, -0.1) is 0 Å². The van der Waals surface area contributed by atoms with E-state index in [2.05, 4.69) is 15.3 Å². The van der Waals surface area contributed by atoms with Gasteiger partial charge < -0.3 is 14.6 Å². The highest BCUT2D eigenvalue weighted by molar-refractivity contribution is 5.82. The first kappa shape index (κ1) is 13.8. The molecule has 0 aromatic heterocycles. The third-order valence-electron chi connectivity index (χ3n) is 1.93. The van der Waals surface area contributed by atoms with Crippen LogP contribution in [0.1, 0.15) is 19.4 Å². The zero-order chi connectivity index (χ0) is 13.4. The van der Waals surface area contributed by atoms with Crippen molar-refractivity contribution in [2.45, 2.75) is 13.8 Å². The molecule has 0 radical (unpaired) electrons. The molecule has 98 valence electrons. The number of phenolic OH excluding ortho intramolecular Hbond substituents is 1. The first-order chi connectivity index (χ1) is 8.67. The van der Waals surface area contributed by atoms with Gasteiger partial charge >= 0.3 is 6.09 Å². The van der Waals surface area contributed by atoms with Crippen LogP contribution in [0.2, 0.25) is 0 Å². The van der Waals surface area contributed by atoms with Gasteiger partial charge in [0.05, 0.1) is 19.4 Å². The van der Waals surface area contributed by atoms with Gasteiger partial charge in [-0.2, -0.15) is 5.10 Å². The summed E-state index contributed by atoms with van der Waals surface area (Å²) in [7, 11) is 0. The quantitative estimate of drug-likeness (QED) is 0.619. The molecule has 1 rings (SSSR count). The Morgan fingerprint density at radius 3 is 2.89 bits per heavy atom. The van der Waals surface area contributed by atoms with Gasteiger partial charge in [-0.25, -0.2) is 10.2 Å². The zero-order valence-electron chi connectivity index (χ0n) is 10.3. The molecule has 0 aliphatic heterocycles. The number of phenols is 1. The molecule has 0 saturated heterocycles. The number of nitrogens with one attached hydrogen (secondary N) is 1. The minimum Gasteiger partial charge on any atom is -0.504 e. The van der Waals surface area contributed by atoms with Crippen LogP contribution in [0.4, 0.5) is 4.79 Å². The smallest absolute Gasteiger partial charge is 0.427 e. The standard InChI is InChI=1S/C12H16N2O4/c1-3-17-11-7-9(5-6-10(11)15)8-13-14-12(16)18-4-2/h5-8,15H,3-4H2,1-2H3,(H,14,16)/b13-8-. The van der Waals surface area contributed by atoms with Gasteiger partial charge in [0, 0.05) is 0 Å². The number of carbonyl (C=O) groups is 1. The number of hydrazone groups is 1. The molecule has 0 atom stereocenters. The van der Waals surface area contributed by atoms with Crippen LogP contribution < -0.4 is 10.2 Å². The van der Waals surface area contributed by atoms with Crippen molar-refractivity contribution in [2.75, 3.05) is 13.2 Å². The Labute approximate surface area is 105 Å². The highest BCUT2D eigenvalue weighted by Crippen LogP contribution is 2.25. The molecule has 0 saturated carbocycles. The molecule has 0 unspecified atom stereocenters. The van der Waals surface area contributed by atoms with Crippen LogP contribution in [0, 0.1) is 0 Å². The molecule has 1 aromatic carbocycles. The number of nitrogens with zero attached hydrogens (tertiary/aromatic N) is 1. The molecule has 0 spiro atoms. The van der Waals surface area contributed by atoms with Crippen LogP contribution >= 0.6 is 0 Å². The summed E-state index contributed by atoms with van der Waals surface area (Å²) in [6.07, 6.45) is 0.816. The van der Waals surface area contributed by atoms with E-state index in [0.717, 1.165) is 0 Å². The van der Waals surface area contributed by atoms with Crippen molar-refractivity contribution in [3.63, 3.8) is 0 Å². The lowest BCUT2D eigenvalue weighted by atomic mass is 10.2. The summed E-state index contributed by atoms with van der Waals surface area (Å²) in [5.74, 6) is 0.435. The van der Waals surface area contributed by atoms with Crippen molar-refractivity contribution in [2.24, 2.45) is 5.10 Å². The van der Waals surface area contributed by atoms with Crippen molar-refractivity contribution in [3.8, 4) is 11.5 Å². The van der Waals surface area contributed by atoms with Gasteiger partial charge in [0.15, 0.2) is 11.5 Å². The normalized spacial score (nSPS) is 10.3. The fraction of sp³-hybridized carbons (Fsp3) is 0.333. The average molecular weight is 252 g/mol. The molecule has 1 aromatic rings. The molecule has 0 aliphatic rings. The van der Waals surface area contributed by atoms with Gasteiger partial charge in [-0.3, -0.25) is 0 Å². The molecular formula is C12H16N2O4. The Bertz CT molecular complexity index is 432. The fourth-order valence-electron chi connectivity index (χ4n) is 1.21. The van der Waals surface area contributed by atoms with E-state index in [9.17, 15) is 9.90 Å². The van der Waals surface area contributed by atoms with E-state index in [4.69, 9.17) is 4.74 Å². The molecule has 2 N–H and O–H groups in total. The summed E-state index contributed by atoms with van der Waals surface area (Å²) in [6.45, 7) is 4.27. The van der Waals surface area contributed by atoms with Gasteiger partial charge in [0.25, 0.3) is 0 Å². The number of hydrogen-bond acceptors (Lipinski definition) is 5. The van der Waals surface area contributed by atoms with Crippen molar-refractivity contribution in [3.05, 3.63) is 23.8 Å². The molecule has 0 bridgehead atoms. The third kappa shape index (κ3) is 4.32. The maximum absolute atomic E-state index is 10.9. The van der Waals surface area contributed by atoms with E-state index in [1.165, 1.54) is 12.3 Å². The molecule has 6 heteroatoms. The molecular weight excluding hydrogens is 236 g/mol. The number of aromatic hydroxyl groups is 1. The Morgan fingerprint density at radius 2 is 2.22 bits per heavy atom. The largest absolute Gasteiger partial charge is 0.504 e. The molecule has 0 heterocycles. The Kier molecular flexibility index (Phi) is 5.50. The Hall–Kier alpha value is -2.24. The van der Waals surface area contributed by atoms with E-state index in [0.29, 0.717) is 17.9 Å². The Morgan fingerprint density at radius 1 is 1.44 bits per heavy atom. The lowest BCUT2D eigenvalue weighted by Gasteiger charge is -2.05. The molecule has 0 aliphatic carbocycles. The first-order valence-electron chi connectivity index (χ1n) is 5.59. The van der Waals surface area contributed by atoms with Crippen molar-refractivity contribution < 1.29 is 19.4 Å². The minimum absolute atomic E-state index is 0.0624. The number of benzene rings is 1. The summed E-state index contributed by atoms with van der Waals surface area (Å²) < 4.78 is 9.85. The molecule has 18 heavy (non-hydrogen) atoms. The molecule has 1 amide bonds. The first-order valence-corrected chi connectivity index (χ1v) is 5.59. The minimum atomic E-state index is -0.613. The van der Waals surface area contributed by atoms with Gasteiger partial charge in [0.1, 0.15) is 0 Å². The van der Waals surface area contributed by atoms with Crippen LogP contribution in [-0.4, -0.2) is 30.6 Å². The van der Waals surface area contributed by atoms with Crippen LogP contribution in [0.25, 0.3) is 0 Å². The van der Waals surface area contributed by atoms with E-state index >= 15 is 0 Å². The predicted octanol–water partition coefficient (Wildman–Crippen LogP) is 1.87. The molecule has 0 fully saturated rings. The summed E-state index contributed by atoms with van der Waals surface area (Å²) in [5, 5.41) is 13.2. The number of amides is 1. The number of ether oxygens (including phenoxy) is 2. The van der Waals surface area contributed by atoms with E-state index < -0.39 is 6.09 Å². The van der Waals surface area contributed by atoms with Crippen molar-refractivity contribution in [1.29, 1.82) is 0 Å². The second-order valence-electron chi connectivity index (χ2n) is 3.25. The van der Waals surface area contributed by atoms with E-state index in [1.807, 2.05) is 6.92 Å². The average Bonchev–Trinajstić information content (AvgIpc) is 2.34. The summed E-state index contributed by atoms with van der Waals surface area (Å²) >= 11 is 0. The van der Waals surface area contributed by atoms with Gasteiger partial charge in [0.2, 0.25) is 0 Å². The zero-order valence-corrected chi connectivity index (χ0v) is 10.3. The van der Waals surface area contributed by atoms with E-state index in [-0.39, 0.29) is 12.4 Å². The SMILES string of the molecule is CCOC(=O)N/N=C\c1ccc(O)c(OCC)c1. The number of carbonyl (C=O) groups excluding carboxylic acids is 1. The third-order valence-corrected chi connectivity index (χ3v) is 1.93. The number of rotatable bonds is 5. The summed E-state index contributed by atoms with van der Waals surface area (Å²) in [6, 6.07) is 4.76. The van der Waals surface area contributed by atoms with Gasteiger partial charge in [-0.05, 0) is 37.6 Å². The lowest BCUT2D eigenvalue weighted by Crippen LogP contribution is -2.18. The van der Waals surface area contributed by atoms with Crippen molar-refractivity contribution in [1.82, 2.24) is 5.43 Å². The monoisotopic (exact) mass is 252 g/mol. The second kappa shape index (κ2) is 7.16. The van der Waals surface area contributed by atoms with Gasteiger partial charge in [-0.1, -0.05) is 0 Å². The second-order valence-corrected chi connectivity index (χ2v) is 3.25. The topological polar surface area (TPSA) is 80.2 Å². The summed E-state index contributed by atoms with van der Waals surface area (Å²) in [5.41, 5.74) is 2.89. The molecule has 6 nitrogen and oxygen atoms in total. The summed E-state index contributed by atoms with van der Waals surface area (Å²) in [4.78, 5) is 10.9. The fourth-order valence-corrected chi connectivity index (χ4v) is 1.21. The van der Waals surface area contributed by atoms with Crippen LogP contribution in [0.15, 0.2) is 23.3 Å². The lowest BCUT2D eigenvalue weighted by molar-refractivity contribution is 0.152. The van der Waals surface area contributed by atoms with Crippen molar-refractivity contribution >= 4 is 12.3 Å². The van der Waals surface area contributed by atoms with E-state index in [1.54, 1.807) is 19.1 Å². The highest BCUT2D eigenvalue weighted by atomic mass is 16.5. The maximum Gasteiger partial charge on any atom is 0.427 e. The number of hydrogen-bond donors (Lipinski definition) is 2. The highest BCUT2D eigenvalue weighted by Gasteiger charge is 2.02. The van der Waals surface area contributed by atoms with Crippen LogP contribution in [0.3, 0.4) is 0 Å². The van der Waals surface area contributed by atoms with Crippen LogP contribution in [0.5, 0.6) is 11.5 Å². The maximum atomic E-state index is 10.9.